The van der Waals surface area contributed by atoms with Crippen LogP contribution < -0.4 is 18.9 Å². The molecule has 0 saturated carbocycles. The summed E-state index contributed by atoms with van der Waals surface area (Å²) in [7, 11) is 6.56. The highest BCUT2D eigenvalue weighted by atomic mass is 79.9. The van der Waals surface area contributed by atoms with E-state index in [2.05, 4.69) is 15.9 Å². The Kier molecular flexibility index (Phi) is 8.64. The molecular formula is C22H28BrNO5. The van der Waals surface area contributed by atoms with E-state index in [9.17, 15) is 4.79 Å². The van der Waals surface area contributed by atoms with Gasteiger partial charge in [0.2, 0.25) is 0 Å². The fourth-order valence-electron chi connectivity index (χ4n) is 2.84. The monoisotopic (exact) mass is 465 g/mol. The fourth-order valence-corrected chi connectivity index (χ4v) is 3.40. The van der Waals surface area contributed by atoms with Gasteiger partial charge >= 0.3 is 0 Å². The maximum atomic E-state index is 12.9. The molecule has 0 heterocycles. The van der Waals surface area contributed by atoms with Crippen molar-refractivity contribution in [1.29, 1.82) is 0 Å². The number of carbonyl (C=O) groups is 1. The Bertz CT molecular complexity index is 840. The number of carbonyl (C=O) groups excluding carboxylic acids is 1. The standard InChI is InChI=1S/C22H28BrNO5/c1-6-11-29-21-17(23)13-16(14-20(21)28-5)22(25)24(2)10-9-15-7-8-18(26-3)19(12-15)27-4/h7-8,12-14H,6,9-11H2,1-5H3. The van der Waals surface area contributed by atoms with Crippen LogP contribution in [0.25, 0.3) is 0 Å². The molecule has 0 aliphatic heterocycles. The first-order valence-corrected chi connectivity index (χ1v) is 10.2. The number of methoxy groups -OCH3 is 3. The summed E-state index contributed by atoms with van der Waals surface area (Å²) < 4.78 is 22.5. The van der Waals surface area contributed by atoms with E-state index >= 15 is 0 Å². The Hall–Kier alpha value is -2.41. The minimum atomic E-state index is -0.0912. The number of amides is 1. The van der Waals surface area contributed by atoms with Crippen LogP contribution in [0.3, 0.4) is 0 Å². The van der Waals surface area contributed by atoms with Gasteiger partial charge in [-0.3, -0.25) is 4.79 Å². The number of halogens is 1. The second-order valence-electron chi connectivity index (χ2n) is 6.50. The third-order valence-electron chi connectivity index (χ3n) is 4.46. The second kappa shape index (κ2) is 11.0. The minimum Gasteiger partial charge on any atom is -0.493 e. The van der Waals surface area contributed by atoms with Crippen molar-refractivity contribution in [3.63, 3.8) is 0 Å². The van der Waals surface area contributed by atoms with Gasteiger partial charge in [0, 0.05) is 19.2 Å². The maximum Gasteiger partial charge on any atom is 0.253 e. The van der Waals surface area contributed by atoms with Crippen LogP contribution in [0.5, 0.6) is 23.0 Å². The van der Waals surface area contributed by atoms with Crippen molar-refractivity contribution in [3.05, 3.63) is 45.9 Å². The van der Waals surface area contributed by atoms with Gasteiger partial charge in [0.25, 0.3) is 5.91 Å². The van der Waals surface area contributed by atoms with Crippen LogP contribution in [-0.4, -0.2) is 52.3 Å². The third kappa shape index (κ3) is 5.79. The van der Waals surface area contributed by atoms with Gasteiger partial charge in [-0.15, -0.1) is 0 Å². The summed E-state index contributed by atoms with van der Waals surface area (Å²) in [6.07, 6.45) is 1.58. The largest absolute Gasteiger partial charge is 0.493 e. The predicted octanol–water partition coefficient (Wildman–Crippen LogP) is 4.58. The number of likely N-dealkylation sites (N-methyl/N-ethyl adjacent to an activating group) is 1. The van der Waals surface area contributed by atoms with E-state index in [1.54, 1.807) is 45.4 Å². The van der Waals surface area contributed by atoms with Crippen LogP contribution in [-0.2, 0) is 6.42 Å². The molecule has 7 heteroatoms. The highest BCUT2D eigenvalue weighted by Crippen LogP contribution is 2.37. The van der Waals surface area contributed by atoms with Crippen LogP contribution in [0.15, 0.2) is 34.8 Å². The molecule has 158 valence electrons. The Morgan fingerprint density at radius 3 is 2.31 bits per heavy atom. The van der Waals surface area contributed by atoms with Gasteiger partial charge in [-0.2, -0.15) is 0 Å². The molecule has 0 unspecified atom stereocenters. The summed E-state index contributed by atoms with van der Waals surface area (Å²) in [5.74, 6) is 2.41. The molecule has 0 aromatic heterocycles. The summed E-state index contributed by atoms with van der Waals surface area (Å²) in [6, 6.07) is 9.25. The van der Waals surface area contributed by atoms with Crippen molar-refractivity contribution in [1.82, 2.24) is 4.90 Å². The Labute approximate surface area is 180 Å². The predicted molar refractivity (Wildman–Crippen MR) is 117 cm³/mol. The average Bonchev–Trinajstić information content (AvgIpc) is 2.75. The summed E-state index contributed by atoms with van der Waals surface area (Å²) in [6.45, 7) is 3.17. The minimum absolute atomic E-state index is 0.0912. The summed E-state index contributed by atoms with van der Waals surface area (Å²) in [4.78, 5) is 14.6. The normalized spacial score (nSPS) is 10.4. The number of rotatable bonds is 10. The van der Waals surface area contributed by atoms with Crippen LogP contribution in [0.2, 0.25) is 0 Å². The second-order valence-corrected chi connectivity index (χ2v) is 7.36. The van der Waals surface area contributed by atoms with Crippen LogP contribution >= 0.6 is 15.9 Å². The Morgan fingerprint density at radius 2 is 1.69 bits per heavy atom. The van der Waals surface area contributed by atoms with E-state index < -0.39 is 0 Å². The van der Waals surface area contributed by atoms with Gasteiger partial charge < -0.3 is 23.8 Å². The van der Waals surface area contributed by atoms with Gasteiger partial charge in [0.1, 0.15) is 0 Å². The van der Waals surface area contributed by atoms with Gasteiger partial charge in [0.15, 0.2) is 23.0 Å². The van der Waals surface area contributed by atoms with E-state index in [0.717, 1.165) is 12.0 Å². The lowest BCUT2D eigenvalue weighted by molar-refractivity contribution is 0.0796. The quantitative estimate of drug-likeness (QED) is 0.513. The molecule has 0 N–H and O–H groups in total. The van der Waals surface area contributed by atoms with Gasteiger partial charge in [-0.1, -0.05) is 13.0 Å². The van der Waals surface area contributed by atoms with Crippen molar-refractivity contribution in [2.45, 2.75) is 19.8 Å². The zero-order chi connectivity index (χ0) is 21.4. The van der Waals surface area contributed by atoms with Gasteiger partial charge in [0.05, 0.1) is 32.4 Å². The lowest BCUT2D eigenvalue weighted by atomic mass is 10.1. The molecular weight excluding hydrogens is 438 g/mol. The number of hydrogen-bond acceptors (Lipinski definition) is 5. The SMILES string of the molecule is CCCOc1c(Br)cc(C(=O)N(C)CCc2ccc(OC)c(OC)c2)cc1OC. The molecule has 2 aromatic rings. The zero-order valence-electron chi connectivity index (χ0n) is 17.6. The molecule has 29 heavy (non-hydrogen) atoms. The highest BCUT2D eigenvalue weighted by molar-refractivity contribution is 9.10. The Balaban J connectivity index is 2.11. The van der Waals surface area contributed by atoms with E-state index in [0.29, 0.717) is 52.6 Å². The molecule has 6 nitrogen and oxygen atoms in total. The van der Waals surface area contributed by atoms with Crippen molar-refractivity contribution in [2.24, 2.45) is 0 Å². The lowest BCUT2D eigenvalue weighted by Gasteiger charge is -2.19. The van der Waals surface area contributed by atoms with E-state index in [4.69, 9.17) is 18.9 Å². The molecule has 0 atom stereocenters. The fraction of sp³-hybridized carbons (Fsp3) is 0.409. The van der Waals surface area contributed by atoms with Gasteiger partial charge in [-0.25, -0.2) is 0 Å². The van der Waals surface area contributed by atoms with Crippen LogP contribution in [0.1, 0.15) is 29.3 Å². The number of hydrogen-bond donors (Lipinski definition) is 0. The van der Waals surface area contributed by atoms with Crippen LogP contribution in [0.4, 0.5) is 0 Å². The summed E-state index contributed by atoms with van der Waals surface area (Å²) in [5.41, 5.74) is 1.59. The topological polar surface area (TPSA) is 57.2 Å². The van der Waals surface area contributed by atoms with Crippen molar-refractivity contribution >= 4 is 21.8 Å². The van der Waals surface area contributed by atoms with E-state index in [1.807, 2.05) is 25.1 Å². The van der Waals surface area contributed by atoms with Gasteiger partial charge in [-0.05, 0) is 58.6 Å². The smallest absolute Gasteiger partial charge is 0.253 e. The van der Waals surface area contributed by atoms with E-state index in [1.165, 1.54) is 0 Å². The third-order valence-corrected chi connectivity index (χ3v) is 5.05. The Morgan fingerprint density at radius 1 is 1.00 bits per heavy atom. The van der Waals surface area contributed by atoms with Crippen molar-refractivity contribution in [3.8, 4) is 23.0 Å². The van der Waals surface area contributed by atoms with Crippen molar-refractivity contribution < 1.29 is 23.7 Å². The summed E-state index contributed by atoms with van der Waals surface area (Å²) >= 11 is 3.49. The number of nitrogens with zero attached hydrogens (tertiary/aromatic N) is 1. The molecule has 0 bridgehead atoms. The molecule has 0 fully saturated rings. The average molecular weight is 466 g/mol. The van der Waals surface area contributed by atoms with Crippen molar-refractivity contribution in [2.75, 3.05) is 41.5 Å². The molecule has 0 radical (unpaired) electrons. The first-order chi connectivity index (χ1) is 13.9. The number of ether oxygens (including phenoxy) is 4. The molecule has 0 spiro atoms. The van der Waals surface area contributed by atoms with Crippen LogP contribution in [0, 0.1) is 0 Å². The first kappa shape index (κ1) is 22.9. The molecule has 0 saturated heterocycles. The maximum absolute atomic E-state index is 12.9. The first-order valence-electron chi connectivity index (χ1n) is 9.41. The van der Waals surface area contributed by atoms with E-state index in [-0.39, 0.29) is 5.91 Å². The molecule has 0 aliphatic rings. The molecule has 0 aliphatic carbocycles. The summed E-state index contributed by atoms with van der Waals surface area (Å²) in [5, 5.41) is 0. The lowest BCUT2D eigenvalue weighted by Crippen LogP contribution is -2.29. The zero-order valence-corrected chi connectivity index (χ0v) is 19.2. The molecule has 1 amide bonds. The highest BCUT2D eigenvalue weighted by Gasteiger charge is 2.18. The molecule has 2 rings (SSSR count). The molecule has 2 aromatic carbocycles. The number of benzene rings is 2.